The summed E-state index contributed by atoms with van der Waals surface area (Å²) in [4.78, 5) is 0. The molecule has 0 atom stereocenters. The second kappa shape index (κ2) is 3.32. The van der Waals surface area contributed by atoms with Gasteiger partial charge in [0.2, 0.25) is 0 Å². The molecule has 0 aromatic heterocycles. The minimum absolute atomic E-state index is 0.738. The molecule has 0 saturated heterocycles. The predicted octanol–water partition coefficient (Wildman–Crippen LogP) is 3.11. The molecule has 1 N–H and O–H groups in total. The highest BCUT2D eigenvalue weighted by molar-refractivity contribution is 5.68. The van der Waals surface area contributed by atoms with Crippen molar-refractivity contribution in [3.63, 3.8) is 0 Å². The van der Waals surface area contributed by atoms with Crippen LogP contribution in [0.1, 0.15) is 5.56 Å². The zero-order chi connectivity index (χ0) is 10.9. The molecular formula is C9H6F4O. The Morgan fingerprint density at radius 3 is 2.36 bits per heavy atom. The molecule has 0 bridgehead atoms. The molecule has 1 rings (SSSR count). The molecule has 76 valence electrons. The van der Waals surface area contributed by atoms with Gasteiger partial charge in [-0.3, -0.25) is 0 Å². The van der Waals surface area contributed by atoms with Crippen LogP contribution in [-0.2, 0) is 0 Å². The van der Waals surface area contributed by atoms with Crippen LogP contribution in [0.25, 0.3) is 5.57 Å². The molecule has 0 unspecified atom stereocenters. The van der Waals surface area contributed by atoms with Crippen LogP contribution >= 0.6 is 0 Å². The summed E-state index contributed by atoms with van der Waals surface area (Å²) in [5, 5.41) is 8.83. The van der Waals surface area contributed by atoms with Crippen LogP contribution < -0.4 is 0 Å². The number of hydrogen-bond donors (Lipinski definition) is 1. The molecule has 0 heterocycles. The highest BCUT2D eigenvalue weighted by atomic mass is 19.4. The van der Waals surface area contributed by atoms with Crippen LogP contribution in [0.3, 0.4) is 0 Å². The molecule has 0 aliphatic carbocycles. The van der Waals surface area contributed by atoms with Crippen molar-refractivity contribution >= 4 is 5.57 Å². The lowest BCUT2D eigenvalue weighted by atomic mass is 10.1. The Bertz CT molecular complexity index is 368. The SMILES string of the molecule is C=C(c1cccc(O)c1F)C(F)(F)F. The van der Waals surface area contributed by atoms with E-state index in [2.05, 4.69) is 6.58 Å². The summed E-state index contributed by atoms with van der Waals surface area (Å²) < 4.78 is 49.3. The second-order valence-electron chi connectivity index (χ2n) is 2.61. The second-order valence-corrected chi connectivity index (χ2v) is 2.61. The van der Waals surface area contributed by atoms with Crippen LogP contribution in [0.5, 0.6) is 5.75 Å². The lowest BCUT2D eigenvalue weighted by Crippen LogP contribution is -2.10. The molecule has 1 nitrogen and oxygen atoms in total. The van der Waals surface area contributed by atoms with Crippen molar-refractivity contribution in [3.8, 4) is 5.75 Å². The standard InChI is InChI=1S/C9H6F4O/c1-5(9(11,12)13)6-3-2-4-7(14)8(6)10/h2-4,14H,1H2. The Balaban J connectivity index is 3.21. The maximum Gasteiger partial charge on any atom is 0.416 e. The summed E-state index contributed by atoms with van der Waals surface area (Å²) in [6, 6.07) is 2.98. The van der Waals surface area contributed by atoms with Gasteiger partial charge in [0, 0.05) is 5.56 Å². The monoisotopic (exact) mass is 206 g/mol. The quantitative estimate of drug-likeness (QED) is 0.700. The third kappa shape index (κ3) is 1.86. The van der Waals surface area contributed by atoms with E-state index in [-0.39, 0.29) is 0 Å². The summed E-state index contributed by atoms with van der Waals surface area (Å²) in [6.45, 7) is 2.72. The molecule has 0 amide bonds. The fourth-order valence-electron chi connectivity index (χ4n) is 0.906. The van der Waals surface area contributed by atoms with Crippen molar-refractivity contribution in [1.82, 2.24) is 0 Å². The highest BCUT2D eigenvalue weighted by Gasteiger charge is 2.34. The summed E-state index contributed by atoms with van der Waals surface area (Å²) in [7, 11) is 0. The Hall–Kier alpha value is -1.52. The van der Waals surface area contributed by atoms with E-state index >= 15 is 0 Å². The zero-order valence-electron chi connectivity index (χ0n) is 6.90. The first-order valence-electron chi connectivity index (χ1n) is 3.58. The van der Waals surface area contributed by atoms with E-state index in [0.29, 0.717) is 0 Å². The molecule has 0 spiro atoms. The number of phenols is 1. The minimum Gasteiger partial charge on any atom is -0.505 e. The third-order valence-electron chi connectivity index (χ3n) is 1.65. The molecular weight excluding hydrogens is 200 g/mol. The van der Waals surface area contributed by atoms with Crippen molar-refractivity contribution in [1.29, 1.82) is 0 Å². The number of allylic oxidation sites excluding steroid dienone is 1. The number of hydrogen-bond acceptors (Lipinski definition) is 1. The lowest BCUT2D eigenvalue weighted by Gasteiger charge is -2.11. The Labute approximate surface area is 77.3 Å². The fourth-order valence-corrected chi connectivity index (χ4v) is 0.906. The lowest BCUT2D eigenvalue weighted by molar-refractivity contribution is -0.0688. The van der Waals surface area contributed by atoms with E-state index < -0.39 is 28.9 Å². The number of benzene rings is 1. The van der Waals surface area contributed by atoms with E-state index in [1.807, 2.05) is 0 Å². The van der Waals surface area contributed by atoms with Gasteiger partial charge in [-0.2, -0.15) is 13.2 Å². The normalized spacial score (nSPS) is 11.4. The minimum atomic E-state index is -4.70. The number of aromatic hydroxyl groups is 1. The summed E-state index contributed by atoms with van der Waals surface area (Å²) >= 11 is 0. The van der Waals surface area contributed by atoms with Gasteiger partial charge in [-0.05, 0) is 6.07 Å². The van der Waals surface area contributed by atoms with Gasteiger partial charge in [-0.15, -0.1) is 0 Å². The fraction of sp³-hybridized carbons (Fsp3) is 0.111. The van der Waals surface area contributed by atoms with Crippen molar-refractivity contribution in [2.45, 2.75) is 6.18 Å². The van der Waals surface area contributed by atoms with Gasteiger partial charge in [0.25, 0.3) is 0 Å². The number of halogens is 4. The van der Waals surface area contributed by atoms with E-state index in [9.17, 15) is 17.6 Å². The van der Waals surface area contributed by atoms with Gasteiger partial charge in [0.15, 0.2) is 11.6 Å². The van der Waals surface area contributed by atoms with Crippen LogP contribution in [0.4, 0.5) is 17.6 Å². The van der Waals surface area contributed by atoms with E-state index in [1.165, 1.54) is 0 Å². The first-order valence-corrected chi connectivity index (χ1v) is 3.58. The number of rotatable bonds is 1. The van der Waals surface area contributed by atoms with Gasteiger partial charge in [0.1, 0.15) is 0 Å². The van der Waals surface area contributed by atoms with Crippen molar-refractivity contribution in [2.24, 2.45) is 0 Å². The molecule has 1 aromatic rings. The van der Waals surface area contributed by atoms with Gasteiger partial charge in [0.05, 0.1) is 5.57 Å². The Kier molecular flexibility index (Phi) is 2.51. The average molecular weight is 206 g/mol. The largest absolute Gasteiger partial charge is 0.505 e. The Morgan fingerprint density at radius 1 is 1.29 bits per heavy atom. The Morgan fingerprint density at radius 2 is 1.86 bits per heavy atom. The van der Waals surface area contributed by atoms with Crippen LogP contribution in [0.15, 0.2) is 24.8 Å². The topological polar surface area (TPSA) is 20.2 Å². The number of alkyl halides is 3. The molecule has 0 radical (unpaired) electrons. The molecule has 14 heavy (non-hydrogen) atoms. The molecule has 1 aromatic carbocycles. The maximum atomic E-state index is 13.0. The van der Waals surface area contributed by atoms with Gasteiger partial charge >= 0.3 is 6.18 Å². The number of phenolic OH excluding ortho intramolecular Hbond substituents is 1. The smallest absolute Gasteiger partial charge is 0.416 e. The van der Waals surface area contributed by atoms with Crippen LogP contribution in [-0.4, -0.2) is 11.3 Å². The van der Waals surface area contributed by atoms with Gasteiger partial charge < -0.3 is 5.11 Å². The third-order valence-corrected chi connectivity index (χ3v) is 1.65. The zero-order valence-corrected chi connectivity index (χ0v) is 6.90. The van der Waals surface area contributed by atoms with Gasteiger partial charge in [-0.25, -0.2) is 4.39 Å². The van der Waals surface area contributed by atoms with Crippen molar-refractivity contribution in [3.05, 3.63) is 36.2 Å². The predicted molar refractivity (Wildman–Crippen MR) is 43.2 cm³/mol. The van der Waals surface area contributed by atoms with Crippen molar-refractivity contribution < 1.29 is 22.7 Å². The van der Waals surface area contributed by atoms with Crippen molar-refractivity contribution in [2.75, 3.05) is 0 Å². The summed E-state index contributed by atoms with van der Waals surface area (Å²) in [6.07, 6.45) is -4.70. The van der Waals surface area contributed by atoms with E-state index in [4.69, 9.17) is 5.11 Å². The highest BCUT2D eigenvalue weighted by Crippen LogP contribution is 2.35. The summed E-state index contributed by atoms with van der Waals surface area (Å²) in [5.74, 6) is -2.14. The van der Waals surface area contributed by atoms with Crippen LogP contribution in [0.2, 0.25) is 0 Å². The van der Waals surface area contributed by atoms with Crippen LogP contribution in [0, 0.1) is 5.82 Å². The molecule has 0 fully saturated rings. The van der Waals surface area contributed by atoms with E-state index in [1.54, 1.807) is 0 Å². The molecule has 0 aliphatic heterocycles. The van der Waals surface area contributed by atoms with E-state index in [0.717, 1.165) is 18.2 Å². The summed E-state index contributed by atoms with van der Waals surface area (Å²) in [5.41, 5.74) is -2.05. The first-order chi connectivity index (χ1) is 6.34. The average Bonchev–Trinajstić information content (AvgIpc) is 2.07. The maximum absolute atomic E-state index is 13.0. The van der Waals surface area contributed by atoms with Gasteiger partial charge in [-0.1, -0.05) is 18.7 Å². The molecule has 0 aliphatic rings. The first kappa shape index (κ1) is 10.6. The molecule has 5 heteroatoms. The molecule has 0 saturated carbocycles.